The molecule has 0 amide bonds. The van der Waals surface area contributed by atoms with Crippen molar-refractivity contribution in [1.29, 1.82) is 5.26 Å². The maximum Gasteiger partial charge on any atom is 0.700 e. The van der Waals surface area contributed by atoms with E-state index in [1.807, 2.05) is 0 Å². The van der Waals surface area contributed by atoms with Crippen LogP contribution >= 0.6 is 16.9 Å². The predicted molar refractivity (Wildman–Crippen MR) is 43.1 cm³/mol. The third kappa shape index (κ3) is 6.27. The normalized spacial score (nSPS) is 16.1. The average molecular weight is 244 g/mol. The largest absolute Gasteiger partial charge is 0.700 e. The van der Waals surface area contributed by atoms with Crippen LogP contribution < -0.4 is 0 Å². The van der Waals surface area contributed by atoms with Crippen LogP contribution in [0, 0.1) is 11.3 Å². The summed E-state index contributed by atoms with van der Waals surface area (Å²) in [6, 6.07) is 1.62. The van der Waals surface area contributed by atoms with Crippen molar-refractivity contribution in [2.45, 2.75) is 18.8 Å². The lowest BCUT2D eigenvalue weighted by Gasteiger charge is -2.19. The van der Waals surface area contributed by atoms with E-state index in [-0.39, 0.29) is 6.42 Å². The van der Waals surface area contributed by atoms with Gasteiger partial charge in [0.15, 0.2) is 0 Å². The first-order valence-corrected chi connectivity index (χ1v) is 5.51. The highest BCUT2D eigenvalue weighted by Gasteiger charge is 2.42. The van der Waals surface area contributed by atoms with E-state index < -0.39 is 29.3 Å². The predicted octanol–water partition coefficient (Wildman–Crippen LogP) is -0.169. The van der Waals surface area contributed by atoms with Gasteiger partial charge in [-0.1, -0.05) is 4.52 Å². The second-order valence-electron chi connectivity index (χ2n) is 2.04. The molecule has 2 atom stereocenters. The van der Waals surface area contributed by atoms with Crippen LogP contribution in [0.1, 0.15) is 12.8 Å². The van der Waals surface area contributed by atoms with Crippen LogP contribution in [-0.4, -0.2) is 25.8 Å². The Kier molecular flexibility index (Phi) is 6.20. The minimum Gasteiger partial charge on any atom is -0.340 e. The summed E-state index contributed by atoms with van der Waals surface area (Å²) in [4.78, 5) is 25.1. The van der Waals surface area contributed by atoms with Gasteiger partial charge in [0.2, 0.25) is 0 Å². The zero-order valence-electron chi connectivity index (χ0n) is 6.77. The summed E-state index contributed by atoms with van der Waals surface area (Å²) in [6.07, 6.45) is -0.728. The second kappa shape index (κ2) is 6.30. The molecule has 0 rings (SSSR count). The number of hydrogen-bond donors (Lipinski definition) is 4. The van der Waals surface area contributed by atoms with Crippen LogP contribution in [0.25, 0.3) is 0 Å². The van der Waals surface area contributed by atoms with Crippen molar-refractivity contribution < 1.29 is 33.4 Å². The molecule has 0 aliphatic heterocycles. The monoisotopic (exact) mass is 244 g/mol. The van der Waals surface area contributed by atoms with E-state index in [0.29, 0.717) is 0 Å². The molecule has 0 aromatic heterocycles. The van der Waals surface area contributed by atoms with Gasteiger partial charge in [0.05, 0.1) is 6.07 Å². The first-order chi connectivity index (χ1) is 6.39. The Balaban J connectivity index is 4.33. The van der Waals surface area contributed by atoms with E-state index in [4.69, 9.17) is 19.9 Å². The molecule has 80 valence electrons. The smallest absolute Gasteiger partial charge is 0.340 e. The van der Waals surface area contributed by atoms with Gasteiger partial charge in [-0.3, -0.25) is 4.52 Å². The van der Waals surface area contributed by atoms with Gasteiger partial charge in [0.1, 0.15) is 0 Å². The molecule has 0 fully saturated rings. The lowest BCUT2D eigenvalue weighted by molar-refractivity contribution is -0.278. The summed E-state index contributed by atoms with van der Waals surface area (Å²) in [6.45, 7) is 0. The molecule has 0 heterocycles. The van der Waals surface area contributed by atoms with Gasteiger partial charge in [-0.15, -0.1) is 4.89 Å². The molecule has 0 aromatic carbocycles. The van der Waals surface area contributed by atoms with Crippen molar-refractivity contribution in [3.63, 3.8) is 0 Å². The molecule has 0 spiro atoms. The Morgan fingerprint density at radius 1 is 1.57 bits per heavy atom. The SMILES string of the molecule is N#CCCC(O)(OP(O)O)O[P+](=O)O. The number of aliphatic hydroxyl groups is 1. The van der Waals surface area contributed by atoms with Crippen LogP contribution in [0.2, 0.25) is 0 Å². The molecular weight excluding hydrogens is 236 g/mol. The van der Waals surface area contributed by atoms with E-state index >= 15 is 0 Å². The van der Waals surface area contributed by atoms with Gasteiger partial charge < -0.3 is 14.9 Å². The molecule has 0 saturated carbocycles. The number of nitriles is 1. The first kappa shape index (κ1) is 13.8. The highest BCUT2D eigenvalue weighted by Crippen LogP contribution is 2.38. The maximum atomic E-state index is 10.2. The summed E-state index contributed by atoms with van der Waals surface area (Å²) in [5.74, 6) is -2.63. The lowest BCUT2D eigenvalue weighted by Crippen LogP contribution is -2.31. The van der Waals surface area contributed by atoms with Gasteiger partial charge in [-0.2, -0.15) is 5.26 Å². The fraction of sp³-hybridized carbons (Fsp3) is 0.750. The zero-order valence-corrected chi connectivity index (χ0v) is 8.56. The maximum absolute atomic E-state index is 10.2. The fourth-order valence-corrected chi connectivity index (χ4v) is 1.39. The molecule has 2 unspecified atom stereocenters. The minimum absolute atomic E-state index is 0.247. The van der Waals surface area contributed by atoms with Crippen molar-refractivity contribution in [1.82, 2.24) is 0 Å². The lowest BCUT2D eigenvalue weighted by atomic mass is 10.3. The third-order valence-electron chi connectivity index (χ3n) is 0.998. The summed E-state index contributed by atoms with van der Waals surface area (Å²) >= 11 is 0. The average Bonchev–Trinajstić information content (AvgIpc) is 1.97. The highest BCUT2D eigenvalue weighted by atomic mass is 31.2. The molecule has 14 heavy (non-hydrogen) atoms. The van der Waals surface area contributed by atoms with Crippen molar-refractivity contribution in [2.24, 2.45) is 0 Å². The highest BCUT2D eigenvalue weighted by molar-refractivity contribution is 7.39. The van der Waals surface area contributed by atoms with Gasteiger partial charge in [0.25, 0.3) is 0 Å². The molecule has 0 aliphatic carbocycles. The zero-order chi connectivity index (χ0) is 11.2. The Morgan fingerprint density at radius 2 is 2.14 bits per heavy atom. The Hall–Kier alpha value is -0.220. The van der Waals surface area contributed by atoms with Crippen LogP contribution in [0.3, 0.4) is 0 Å². The van der Waals surface area contributed by atoms with E-state index in [2.05, 4.69) is 9.05 Å². The third-order valence-corrected chi connectivity index (χ3v) is 1.89. The van der Waals surface area contributed by atoms with Crippen LogP contribution in [0.5, 0.6) is 0 Å². The van der Waals surface area contributed by atoms with Crippen molar-refractivity contribution in [3.05, 3.63) is 0 Å². The molecule has 0 bridgehead atoms. The number of rotatable bonds is 6. The van der Waals surface area contributed by atoms with Crippen LogP contribution in [-0.2, 0) is 13.6 Å². The Bertz CT molecular complexity index is 240. The number of nitrogens with zero attached hydrogens (tertiary/aromatic N) is 1. The van der Waals surface area contributed by atoms with Crippen molar-refractivity contribution in [2.75, 3.05) is 0 Å². The topological polar surface area (TPSA) is 140 Å². The molecular formula is C4H8NO7P2+. The van der Waals surface area contributed by atoms with Crippen LogP contribution in [0.4, 0.5) is 0 Å². The molecule has 0 aromatic rings. The van der Waals surface area contributed by atoms with Crippen LogP contribution in [0.15, 0.2) is 0 Å². The molecule has 0 radical (unpaired) electrons. The van der Waals surface area contributed by atoms with Gasteiger partial charge in [-0.05, 0) is 0 Å². The fourth-order valence-electron chi connectivity index (χ4n) is 0.571. The molecule has 0 saturated heterocycles. The van der Waals surface area contributed by atoms with Gasteiger partial charge in [0, 0.05) is 17.4 Å². The Labute approximate surface area is 81.3 Å². The molecule has 10 heteroatoms. The first-order valence-electron chi connectivity index (χ1n) is 3.21. The van der Waals surface area contributed by atoms with E-state index in [1.54, 1.807) is 6.07 Å². The van der Waals surface area contributed by atoms with E-state index in [0.717, 1.165) is 0 Å². The Morgan fingerprint density at radius 3 is 2.50 bits per heavy atom. The molecule has 4 N–H and O–H groups in total. The quantitative estimate of drug-likeness (QED) is 0.372. The molecule has 8 nitrogen and oxygen atoms in total. The summed E-state index contributed by atoms with van der Waals surface area (Å²) < 4.78 is 18.3. The van der Waals surface area contributed by atoms with E-state index in [1.165, 1.54) is 0 Å². The summed E-state index contributed by atoms with van der Waals surface area (Å²) in [7, 11) is -6.14. The minimum atomic E-state index is -3.18. The summed E-state index contributed by atoms with van der Waals surface area (Å²) in [5, 5.41) is 17.4. The number of hydrogen-bond acceptors (Lipinski definition) is 7. The summed E-state index contributed by atoms with van der Waals surface area (Å²) in [5.41, 5.74) is 0. The van der Waals surface area contributed by atoms with Crippen molar-refractivity contribution >= 4 is 16.9 Å². The van der Waals surface area contributed by atoms with E-state index in [9.17, 15) is 9.67 Å². The molecule has 0 aliphatic rings. The van der Waals surface area contributed by atoms with Crippen molar-refractivity contribution in [3.8, 4) is 6.07 Å². The second-order valence-corrected chi connectivity index (χ2v) is 3.39. The standard InChI is InChI=1S/C4H7NO7P2/c5-3-1-2-4(6,11-13(7)8)12-14(9)10/h6-8H,1-2H2/p+1. The van der Waals surface area contributed by atoms with Gasteiger partial charge >= 0.3 is 22.8 Å². The van der Waals surface area contributed by atoms with Gasteiger partial charge in [-0.25, -0.2) is 0 Å².